The van der Waals surface area contributed by atoms with Crippen molar-refractivity contribution < 1.29 is 14.2 Å². The summed E-state index contributed by atoms with van der Waals surface area (Å²) in [5.74, 6) is 1.76. The highest BCUT2D eigenvalue weighted by molar-refractivity contribution is 5.40. The quantitative estimate of drug-likeness (QED) is 0.786. The number of hydrogen-bond acceptors (Lipinski definition) is 4. The van der Waals surface area contributed by atoms with E-state index in [0.717, 1.165) is 5.75 Å². The summed E-state index contributed by atoms with van der Waals surface area (Å²) in [4.78, 5) is 0. The maximum Gasteiger partial charge on any atom is 0.182 e. The molecule has 2 aliphatic carbocycles. The van der Waals surface area contributed by atoms with E-state index in [1.54, 1.807) is 7.11 Å². The van der Waals surface area contributed by atoms with Gasteiger partial charge in [0.1, 0.15) is 5.75 Å². The minimum Gasteiger partial charge on any atom is -0.497 e. The Hall–Kier alpha value is -2.35. The molecule has 2 saturated carbocycles. The molecule has 1 spiro atoms. The molecule has 0 bridgehead atoms. The number of rotatable bonds is 3. The number of methoxy groups -OCH3 is 1. The Morgan fingerprint density at radius 1 is 0.893 bits per heavy atom. The Bertz CT molecular complexity index is 878. The van der Waals surface area contributed by atoms with E-state index in [4.69, 9.17) is 14.2 Å². The monoisotopic (exact) mass is 375 g/mol. The van der Waals surface area contributed by atoms with Crippen molar-refractivity contribution in [3.8, 4) is 11.8 Å². The smallest absolute Gasteiger partial charge is 0.182 e. The summed E-state index contributed by atoms with van der Waals surface area (Å²) in [5.41, 5.74) is 3.20. The van der Waals surface area contributed by atoms with Gasteiger partial charge in [0.05, 0.1) is 32.0 Å². The number of nitrogens with zero attached hydrogens (tertiary/aromatic N) is 1. The molecule has 4 nitrogen and oxygen atoms in total. The van der Waals surface area contributed by atoms with Crippen molar-refractivity contribution in [2.75, 3.05) is 20.3 Å². The van der Waals surface area contributed by atoms with Crippen molar-refractivity contribution >= 4 is 0 Å². The summed E-state index contributed by atoms with van der Waals surface area (Å²) in [7, 11) is 1.70. The molecule has 28 heavy (non-hydrogen) atoms. The summed E-state index contributed by atoms with van der Waals surface area (Å²) in [6.07, 6.45) is 3.67. The van der Waals surface area contributed by atoms with Gasteiger partial charge in [-0.3, -0.25) is 0 Å². The molecule has 3 fully saturated rings. The molecule has 5 rings (SSSR count). The lowest BCUT2D eigenvalue weighted by atomic mass is 9.82. The lowest BCUT2D eigenvalue weighted by Crippen LogP contribution is -2.40. The molecule has 0 radical (unpaired) electrons. The van der Waals surface area contributed by atoms with E-state index in [2.05, 4.69) is 30.3 Å². The molecule has 144 valence electrons. The van der Waals surface area contributed by atoms with Crippen LogP contribution in [0, 0.1) is 23.2 Å². The van der Waals surface area contributed by atoms with Gasteiger partial charge in [0.25, 0.3) is 0 Å². The molecule has 4 unspecified atom stereocenters. The van der Waals surface area contributed by atoms with E-state index in [1.807, 2.05) is 24.3 Å². The molecule has 2 aromatic rings. The maximum atomic E-state index is 9.17. The molecule has 4 heteroatoms. The molecule has 1 aliphatic heterocycles. The van der Waals surface area contributed by atoms with Gasteiger partial charge >= 0.3 is 0 Å². The van der Waals surface area contributed by atoms with Crippen molar-refractivity contribution in [3.63, 3.8) is 0 Å². The summed E-state index contributed by atoms with van der Waals surface area (Å²) < 4.78 is 18.3. The average Bonchev–Trinajstić information content (AvgIpc) is 3.46. The molecular weight excluding hydrogens is 350 g/mol. The van der Waals surface area contributed by atoms with Gasteiger partial charge in [-0.25, -0.2) is 0 Å². The van der Waals surface area contributed by atoms with Gasteiger partial charge in [-0.05, 0) is 60.1 Å². The second kappa shape index (κ2) is 6.92. The van der Waals surface area contributed by atoms with Crippen molar-refractivity contribution in [1.82, 2.24) is 0 Å². The van der Waals surface area contributed by atoms with Crippen LogP contribution in [-0.4, -0.2) is 26.1 Å². The fraction of sp³-hybridized carbons (Fsp3) is 0.458. The molecular formula is C24H25NO3. The summed E-state index contributed by atoms with van der Waals surface area (Å²) in [5, 5.41) is 9.17. The van der Waals surface area contributed by atoms with E-state index in [0.29, 0.717) is 30.6 Å². The van der Waals surface area contributed by atoms with Crippen molar-refractivity contribution in [1.29, 1.82) is 5.26 Å². The van der Waals surface area contributed by atoms with E-state index < -0.39 is 5.79 Å². The molecule has 0 aromatic heterocycles. The number of benzene rings is 2. The average molecular weight is 375 g/mol. The van der Waals surface area contributed by atoms with E-state index >= 15 is 0 Å². The molecule has 3 aliphatic rings. The zero-order valence-corrected chi connectivity index (χ0v) is 16.1. The Labute approximate surface area is 166 Å². The largest absolute Gasteiger partial charge is 0.497 e. The Kier molecular flexibility index (Phi) is 4.38. The van der Waals surface area contributed by atoms with Crippen molar-refractivity contribution in [3.05, 3.63) is 65.2 Å². The SMILES string of the molecule is COc1ccc(C2C3CCCC3C(c3ccc(C#N)cc3)C23OCCO3)cc1. The highest BCUT2D eigenvalue weighted by atomic mass is 16.7. The summed E-state index contributed by atoms with van der Waals surface area (Å²) in [6.45, 7) is 1.28. The van der Waals surface area contributed by atoms with Crippen LogP contribution in [0.5, 0.6) is 5.75 Å². The van der Waals surface area contributed by atoms with Crippen LogP contribution in [-0.2, 0) is 9.47 Å². The first kappa shape index (κ1) is 17.7. The molecule has 4 atom stereocenters. The third-order valence-electron chi connectivity index (χ3n) is 6.96. The third kappa shape index (κ3) is 2.57. The van der Waals surface area contributed by atoms with Gasteiger partial charge in [-0.1, -0.05) is 30.7 Å². The third-order valence-corrected chi connectivity index (χ3v) is 6.96. The predicted molar refractivity (Wildman–Crippen MR) is 105 cm³/mol. The van der Waals surface area contributed by atoms with Gasteiger partial charge in [-0.2, -0.15) is 5.26 Å². The van der Waals surface area contributed by atoms with E-state index in [-0.39, 0.29) is 11.8 Å². The van der Waals surface area contributed by atoms with Gasteiger partial charge in [0.2, 0.25) is 0 Å². The van der Waals surface area contributed by atoms with Crippen LogP contribution in [0.3, 0.4) is 0 Å². The van der Waals surface area contributed by atoms with Gasteiger partial charge in [0, 0.05) is 11.8 Å². The molecule has 0 amide bonds. The minimum atomic E-state index is -0.613. The fourth-order valence-corrected chi connectivity index (χ4v) is 5.97. The van der Waals surface area contributed by atoms with Gasteiger partial charge in [0.15, 0.2) is 5.79 Å². The molecule has 1 saturated heterocycles. The lowest BCUT2D eigenvalue weighted by Gasteiger charge is -2.37. The van der Waals surface area contributed by atoms with Crippen LogP contribution in [0.25, 0.3) is 0 Å². The fourth-order valence-electron chi connectivity index (χ4n) is 5.97. The Morgan fingerprint density at radius 2 is 1.43 bits per heavy atom. The first-order valence-corrected chi connectivity index (χ1v) is 10.2. The first-order valence-electron chi connectivity index (χ1n) is 10.2. The number of fused-ring (bicyclic) bond motifs is 1. The van der Waals surface area contributed by atoms with Crippen LogP contribution in [0.4, 0.5) is 0 Å². The number of nitriles is 1. The maximum absolute atomic E-state index is 9.17. The van der Waals surface area contributed by atoms with Gasteiger partial charge < -0.3 is 14.2 Å². The molecule has 0 N–H and O–H groups in total. The van der Waals surface area contributed by atoms with Crippen LogP contribution >= 0.6 is 0 Å². The van der Waals surface area contributed by atoms with E-state index in [1.165, 1.54) is 30.4 Å². The van der Waals surface area contributed by atoms with Gasteiger partial charge in [-0.15, -0.1) is 0 Å². The standard InChI is InChI=1S/C24H25NO3/c1-26-19-11-9-18(10-12-19)23-21-4-2-3-20(21)22(24(23)27-13-14-28-24)17-7-5-16(15-25)6-8-17/h5-12,20-23H,2-4,13-14H2,1H3. The molecule has 1 heterocycles. The second-order valence-corrected chi connectivity index (χ2v) is 8.14. The van der Waals surface area contributed by atoms with Crippen LogP contribution in [0.1, 0.15) is 47.8 Å². The Balaban J connectivity index is 1.61. The van der Waals surface area contributed by atoms with Crippen LogP contribution < -0.4 is 4.74 Å². The zero-order chi connectivity index (χ0) is 19.1. The topological polar surface area (TPSA) is 51.5 Å². The summed E-state index contributed by atoms with van der Waals surface area (Å²) >= 11 is 0. The van der Waals surface area contributed by atoms with Crippen LogP contribution in [0.2, 0.25) is 0 Å². The number of hydrogen-bond donors (Lipinski definition) is 0. The predicted octanol–water partition coefficient (Wildman–Crippen LogP) is 4.61. The highest BCUT2D eigenvalue weighted by Crippen LogP contribution is 2.65. The summed E-state index contributed by atoms with van der Waals surface area (Å²) in [6, 6.07) is 18.7. The van der Waals surface area contributed by atoms with Crippen LogP contribution in [0.15, 0.2) is 48.5 Å². The highest BCUT2D eigenvalue weighted by Gasteiger charge is 2.65. The lowest BCUT2D eigenvalue weighted by molar-refractivity contribution is -0.180. The first-order chi connectivity index (χ1) is 13.8. The van der Waals surface area contributed by atoms with E-state index in [9.17, 15) is 5.26 Å². The minimum absolute atomic E-state index is 0.197. The zero-order valence-electron chi connectivity index (χ0n) is 16.1. The molecule has 2 aromatic carbocycles. The Morgan fingerprint density at radius 3 is 1.93 bits per heavy atom. The van der Waals surface area contributed by atoms with Crippen molar-refractivity contribution in [2.24, 2.45) is 11.8 Å². The number of ether oxygens (including phenoxy) is 3. The van der Waals surface area contributed by atoms with Crippen molar-refractivity contribution in [2.45, 2.75) is 36.9 Å². The normalized spacial score (nSPS) is 30.3. The second-order valence-electron chi connectivity index (χ2n) is 8.14.